The van der Waals surface area contributed by atoms with Gasteiger partial charge in [-0.15, -0.1) is 0 Å². The fourth-order valence-electron chi connectivity index (χ4n) is 2.50. The summed E-state index contributed by atoms with van der Waals surface area (Å²) in [5.41, 5.74) is 8.08. The van der Waals surface area contributed by atoms with E-state index < -0.39 is 0 Å². The van der Waals surface area contributed by atoms with Crippen LogP contribution in [0.25, 0.3) is 0 Å². The van der Waals surface area contributed by atoms with Crippen molar-refractivity contribution in [2.45, 2.75) is 19.4 Å². The largest absolute Gasteiger partial charge is 0.456 e. The number of anilines is 1. The molecule has 2 N–H and O–H groups in total. The van der Waals surface area contributed by atoms with Gasteiger partial charge in [0.25, 0.3) is 5.91 Å². The highest BCUT2D eigenvalue weighted by molar-refractivity contribution is 6.05. The number of fused-ring (bicyclic) bond motifs is 1. The van der Waals surface area contributed by atoms with E-state index in [9.17, 15) is 4.79 Å². The van der Waals surface area contributed by atoms with Crippen LogP contribution in [0.3, 0.4) is 0 Å². The summed E-state index contributed by atoms with van der Waals surface area (Å²) >= 11 is 0. The Kier molecular flexibility index (Phi) is 2.87. The third kappa shape index (κ3) is 2.15. The van der Waals surface area contributed by atoms with Crippen molar-refractivity contribution in [1.29, 1.82) is 0 Å². The lowest BCUT2D eigenvalue weighted by Crippen LogP contribution is -2.46. The second-order valence-corrected chi connectivity index (χ2v) is 4.92. The van der Waals surface area contributed by atoms with E-state index in [2.05, 4.69) is 0 Å². The molecule has 3 rings (SSSR count). The molecule has 19 heavy (non-hydrogen) atoms. The molecule has 98 valence electrons. The molecule has 1 aliphatic rings. The van der Waals surface area contributed by atoms with E-state index in [1.165, 1.54) is 0 Å². The zero-order valence-electron chi connectivity index (χ0n) is 10.8. The van der Waals surface area contributed by atoms with Gasteiger partial charge in [0.2, 0.25) is 0 Å². The average Bonchev–Trinajstić information content (AvgIpc) is 2.83. The quantitative estimate of drug-likeness (QED) is 0.850. The monoisotopic (exact) mass is 256 g/mol. The number of carbonyl (C=O) groups is 1. The molecule has 1 aromatic carbocycles. The van der Waals surface area contributed by atoms with E-state index in [0.29, 0.717) is 12.3 Å². The maximum atomic E-state index is 12.5. The molecule has 2 aromatic rings. The Morgan fingerprint density at radius 3 is 2.84 bits per heavy atom. The summed E-state index contributed by atoms with van der Waals surface area (Å²) in [6.07, 6.45) is 0.803. The van der Waals surface area contributed by atoms with Gasteiger partial charge >= 0.3 is 0 Å². The fraction of sp³-hybridized carbons (Fsp3) is 0.267. The van der Waals surface area contributed by atoms with E-state index in [4.69, 9.17) is 10.2 Å². The summed E-state index contributed by atoms with van der Waals surface area (Å²) in [7, 11) is 0. The van der Waals surface area contributed by atoms with E-state index in [0.717, 1.165) is 23.4 Å². The number of rotatable bonds is 1. The van der Waals surface area contributed by atoms with Crippen LogP contribution in [0, 0.1) is 6.92 Å². The van der Waals surface area contributed by atoms with Crippen molar-refractivity contribution >= 4 is 11.6 Å². The minimum atomic E-state index is -0.129. The van der Waals surface area contributed by atoms with Gasteiger partial charge in [-0.3, -0.25) is 4.79 Å². The molecule has 1 aromatic heterocycles. The Bertz CT molecular complexity index is 618. The van der Waals surface area contributed by atoms with E-state index >= 15 is 0 Å². The number of hydrogen-bond acceptors (Lipinski definition) is 3. The van der Waals surface area contributed by atoms with Crippen LogP contribution in [0.4, 0.5) is 5.69 Å². The molecule has 0 bridgehead atoms. The van der Waals surface area contributed by atoms with E-state index in [1.54, 1.807) is 17.0 Å². The maximum absolute atomic E-state index is 12.5. The number of furan rings is 1. The molecule has 1 unspecified atom stereocenters. The molecular formula is C15H16N2O2. The Labute approximate surface area is 111 Å². The number of para-hydroxylation sites is 1. The topological polar surface area (TPSA) is 59.5 Å². The Morgan fingerprint density at radius 2 is 2.11 bits per heavy atom. The minimum Gasteiger partial charge on any atom is -0.456 e. The first-order valence-corrected chi connectivity index (χ1v) is 6.37. The highest BCUT2D eigenvalue weighted by Crippen LogP contribution is 2.28. The van der Waals surface area contributed by atoms with Gasteiger partial charge < -0.3 is 15.1 Å². The summed E-state index contributed by atoms with van der Waals surface area (Å²) in [5, 5.41) is 0. The third-order valence-corrected chi connectivity index (χ3v) is 3.38. The van der Waals surface area contributed by atoms with Gasteiger partial charge in [0, 0.05) is 18.3 Å². The van der Waals surface area contributed by atoms with Gasteiger partial charge in [-0.2, -0.15) is 0 Å². The lowest BCUT2D eigenvalue weighted by Gasteiger charge is -2.32. The normalized spacial score (nSPS) is 18.2. The number of nitrogens with zero attached hydrogens (tertiary/aromatic N) is 1. The standard InChI is InChI=1S/C15H16N2O2/c1-10-6-7-14(19-10)15(18)17-9-12(16)8-11-4-2-3-5-13(11)17/h2-7,12H,8-9,16H2,1H3. The van der Waals surface area contributed by atoms with Gasteiger partial charge in [0.1, 0.15) is 5.76 Å². The zero-order chi connectivity index (χ0) is 13.4. The minimum absolute atomic E-state index is 0.0325. The summed E-state index contributed by atoms with van der Waals surface area (Å²) in [6, 6.07) is 11.3. The van der Waals surface area contributed by atoms with Crippen LogP contribution in [-0.2, 0) is 6.42 Å². The SMILES string of the molecule is Cc1ccc(C(=O)N2CC(N)Cc3ccccc32)o1. The van der Waals surface area contributed by atoms with Crippen LogP contribution in [0.2, 0.25) is 0 Å². The van der Waals surface area contributed by atoms with Crippen LogP contribution < -0.4 is 10.6 Å². The molecule has 2 heterocycles. The predicted molar refractivity (Wildman–Crippen MR) is 73.2 cm³/mol. The molecule has 0 aliphatic carbocycles. The average molecular weight is 256 g/mol. The first kappa shape index (κ1) is 12.0. The van der Waals surface area contributed by atoms with Crippen molar-refractivity contribution in [1.82, 2.24) is 0 Å². The summed E-state index contributed by atoms with van der Waals surface area (Å²) in [6.45, 7) is 2.35. The fourth-order valence-corrected chi connectivity index (χ4v) is 2.50. The smallest absolute Gasteiger partial charge is 0.294 e. The Hall–Kier alpha value is -2.07. The molecule has 0 saturated heterocycles. The van der Waals surface area contributed by atoms with Gasteiger partial charge in [0.15, 0.2) is 5.76 Å². The molecule has 0 saturated carbocycles. The molecule has 1 atom stereocenters. The molecule has 4 heteroatoms. The molecule has 1 aliphatic heterocycles. The number of hydrogen-bond donors (Lipinski definition) is 1. The third-order valence-electron chi connectivity index (χ3n) is 3.38. The molecule has 4 nitrogen and oxygen atoms in total. The van der Waals surface area contributed by atoms with Gasteiger partial charge in [0.05, 0.1) is 0 Å². The number of nitrogens with two attached hydrogens (primary N) is 1. The van der Waals surface area contributed by atoms with Crippen LogP contribution in [0.1, 0.15) is 21.9 Å². The van der Waals surface area contributed by atoms with Crippen molar-refractivity contribution in [3.8, 4) is 0 Å². The maximum Gasteiger partial charge on any atom is 0.294 e. The second-order valence-electron chi connectivity index (χ2n) is 4.92. The highest BCUT2D eigenvalue weighted by atomic mass is 16.3. The van der Waals surface area contributed by atoms with E-state index in [-0.39, 0.29) is 11.9 Å². The van der Waals surface area contributed by atoms with Crippen molar-refractivity contribution < 1.29 is 9.21 Å². The summed E-state index contributed by atoms with van der Waals surface area (Å²) < 4.78 is 5.42. The van der Waals surface area contributed by atoms with Crippen molar-refractivity contribution in [2.24, 2.45) is 5.73 Å². The molecule has 1 amide bonds. The van der Waals surface area contributed by atoms with Crippen LogP contribution in [0.15, 0.2) is 40.8 Å². The molecular weight excluding hydrogens is 240 g/mol. The van der Waals surface area contributed by atoms with Crippen molar-refractivity contribution in [2.75, 3.05) is 11.4 Å². The van der Waals surface area contributed by atoms with Gasteiger partial charge in [-0.05, 0) is 37.1 Å². The number of amides is 1. The summed E-state index contributed by atoms with van der Waals surface area (Å²) in [5.74, 6) is 0.968. The summed E-state index contributed by atoms with van der Waals surface area (Å²) in [4.78, 5) is 14.2. The number of aryl methyl sites for hydroxylation is 1. The lowest BCUT2D eigenvalue weighted by molar-refractivity contribution is 0.0955. The highest BCUT2D eigenvalue weighted by Gasteiger charge is 2.28. The number of carbonyl (C=O) groups excluding carboxylic acids is 1. The van der Waals surface area contributed by atoms with Crippen LogP contribution in [-0.4, -0.2) is 18.5 Å². The predicted octanol–water partition coefficient (Wildman–Crippen LogP) is 2.12. The molecule has 0 radical (unpaired) electrons. The second kappa shape index (κ2) is 4.55. The van der Waals surface area contributed by atoms with Crippen LogP contribution >= 0.6 is 0 Å². The Morgan fingerprint density at radius 1 is 1.32 bits per heavy atom. The first-order valence-electron chi connectivity index (χ1n) is 6.37. The molecule has 0 fully saturated rings. The molecule has 0 spiro atoms. The van der Waals surface area contributed by atoms with Gasteiger partial charge in [-0.1, -0.05) is 18.2 Å². The van der Waals surface area contributed by atoms with Crippen LogP contribution in [0.5, 0.6) is 0 Å². The first-order chi connectivity index (χ1) is 9.15. The number of benzene rings is 1. The zero-order valence-corrected chi connectivity index (χ0v) is 10.8. The van der Waals surface area contributed by atoms with E-state index in [1.807, 2.05) is 31.2 Å². The Balaban J connectivity index is 1.99. The van der Waals surface area contributed by atoms with Crippen molar-refractivity contribution in [3.05, 3.63) is 53.5 Å². The lowest BCUT2D eigenvalue weighted by atomic mass is 9.98. The van der Waals surface area contributed by atoms with Gasteiger partial charge in [-0.25, -0.2) is 0 Å². The van der Waals surface area contributed by atoms with Crippen molar-refractivity contribution in [3.63, 3.8) is 0 Å².